The maximum absolute atomic E-state index is 12.0. The van der Waals surface area contributed by atoms with E-state index in [9.17, 15) is 4.79 Å². The van der Waals surface area contributed by atoms with Crippen molar-refractivity contribution in [2.24, 2.45) is 11.7 Å². The monoisotopic (exact) mass is 274 g/mol. The number of aryl methyl sites for hydroxylation is 1. The van der Waals surface area contributed by atoms with Gasteiger partial charge in [-0.15, -0.1) is 12.4 Å². The summed E-state index contributed by atoms with van der Waals surface area (Å²) >= 11 is 0. The third kappa shape index (κ3) is 4.35. The minimum Gasteiger partial charge on any atom is -0.459 e. The molecular weight excluding hydrogens is 252 g/mol. The van der Waals surface area contributed by atoms with Crippen LogP contribution in [0.3, 0.4) is 0 Å². The van der Waals surface area contributed by atoms with Crippen LogP contribution in [-0.2, 0) is 0 Å². The van der Waals surface area contributed by atoms with Gasteiger partial charge in [0.25, 0.3) is 5.91 Å². The molecule has 0 spiro atoms. The number of hydrogen-bond acceptors (Lipinski definition) is 3. The first-order valence-electron chi connectivity index (χ1n) is 5.94. The summed E-state index contributed by atoms with van der Waals surface area (Å²) in [5.41, 5.74) is 6.20. The molecule has 1 aromatic heterocycles. The molecule has 0 aliphatic rings. The zero-order valence-electron chi connectivity index (χ0n) is 11.4. The first-order chi connectivity index (χ1) is 7.88. The summed E-state index contributed by atoms with van der Waals surface area (Å²) in [6, 6.07) is 1.77. The predicted octanol–water partition coefficient (Wildman–Crippen LogP) is 2.50. The van der Waals surface area contributed by atoms with Crippen LogP contribution >= 0.6 is 12.4 Å². The van der Waals surface area contributed by atoms with Gasteiger partial charge in [-0.1, -0.05) is 13.8 Å². The van der Waals surface area contributed by atoms with Gasteiger partial charge in [0.1, 0.15) is 0 Å². The van der Waals surface area contributed by atoms with Crippen molar-refractivity contribution >= 4 is 18.3 Å². The Hall–Kier alpha value is -1.00. The molecule has 1 amide bonds. The largest absolute Gasteiger partial charge is 0.459 e. The molecule has 4 nitrogen and oxygen atoms in total. The van der Waals surface area contributed by atoms with Crippen LogP contribution in [0.5, 0.6) is 0 Å². The van der Waals surface area contributed by atoms with Crippen LogP contribution in [0, 0.1) is 12.8 Å². The average Bonchev–Trinajstić information content (AvgIpc) is 2.63. The van der Waals surface area contributed by atoms with Crippen LogP contribution in [0.15, 0.2) is 16.7 Å². The smallest absolute Gasteiger partial charge is 0.287 e. The van der Waals surface area contributed by atoms with E-state index in [0.717, 1.165) is 12.0 Å². The standard InChI is InChI=1S/C13H22N2O2.ClH/c1-9(2)7-13(4,8-14)15-12(16)11-10(3)5-6-17-11;/h5-6,9H,7-8,14H2,1-4H3,(H,15,16);1H. The lowest BCUT2D eigenvalue weighted by Crippen LogP contribution is -2.52. The van der Waals surface area contributed by atoms with Crippen LogP contribution in [0.1, 0.15) is 43.3 Å². The zero-order chi connectivity index (χ0) is 13.1. The molecule has 0 aliphatic heterocycles. The first-order valence-corrected chi connectivity index (χ1v) is 5.94. The third-order valence-electron chi connectivity index (χ3n) is 2.79. The van der Waals surface area contributed by atoms with E-state index in [0.29, 0.717) is 18.2 Å². The van der Waals surface area contributed by atoms with Crippen molar-refractivity contribution in [1.82, 2.24) is 5.32 Å². The van der Waals surface area contributed by atoms with Crippen molar-refractivity contribution in [3.63, 3.8) is 0 Å². The summed E-state index contributed by atoms with van der Waals surface area (Å²) in [6.07, 6.45) is 2.36. The second-order valence-electron chi connectivity index (χ2n) is 5.25. The number of rotatable bonds is 5. The fourth-order valence-corrected chi connectivity index (χ4v) is 2.02. The second-order valence-corrected chi connectivity index (χ2v) is 5.25. The number of nitrogens with one attached hydrogen (secondary N) is 1. The number of hydrogen-bond donors (Lipinski definition) is 2. The number of nitrogens with two attached hydrogens (primary N) is 1. The van der Waals surface area contributed by atoms with Crippen LogP contribution in [0.25, 0.3) is 0 Å². The Kier molecular flexibility index (Phi) is 6.43. The Morgan fingerprint density at radius 1 is 1.56 bits per heavy atom. The molecule has 1 rings (SSSR count). The van der Waals surface area contributed by atoms with Crippen molar-refractivity contribution in [2.75, 3.05) is 6.54 Å². The van der Waals surface area contributed by atoms with Crippen molar-refractivity contribution in [3.8, 4) is 0 Å². The quantitative estimate of drug-likeness (QED) is 0.867. The maximum Gasteiger partial charge on any atom is 0.287 e. The molecular formula is C13H23ClN2O2. The zero-order valence-corrected chi connectivity index (χ0v) is 12.3. The number of carbonyl (C=O) groups is 1. The van der Waals surface area contributed by atoms with E-state index in [1.807, 2.05) is 13.8 Å². The highest BCUT2D eigenvalue weighted by Crippen LogP contribution is 2.17. The van der Waals surface area contributed by atoms with Gasteiger partial charge in [0.05, 0.1) is 11.8 Å². The average molecular weight is 275 g/mol. The molecule has 0 saturated heterocycles. The number of halogens is 1. The van der Waals surface area contributed by atoms with Crippen molar-refractivity contribution in [3.05, 3.63) is 23.7 Å². The van der Waals surface area contributed by atoms with Crippen LogP contribution in [-0.4, -0.2) is 18.0 Å². The Bertz CT molecular complexity index is 390. The minimum atomic E-state index is -0.384. The first kappa shape index (κ1) is 17.0. The van der Waals surface area contributed by atoms with E-state index in [1.165, 1.54) is 6.26 Å². The van der Waals surface area contributed by atoms with Crippen molar-refractivity contribution in [2.45, 2.75) is 39.7 Å². The molecule has 0 fully saturated rings. The molecule has 1 heterocycles. The summed E-state index contributed by atoms with van der Waals surface area (Å²) < 4.78 is 5.17. The predicted molar refractivity (Wildman–Crippen MR) is 75.1 cm³/mol. The van der Waals surface area contributed by atoms with Crippen LogP contribution in [0.2, 0.25) is 0 Å². The lowest BCUT2D eigenvalue weighted by Gasteiger charge is -2.30. The van der Waals surface area contributed by atoms with Gasteiger partial charge in [-0.05, 0) is 32.3 Å². The Morgan fingerprint density at radius 3 is 2.56 bits per heavy atom. The third-order valence-corrected chi connectivity index (χ3v) is 2.79. The lowest BCUT2D eigenvalue weighted by atomic mass is 9.90. The van der Waals surface area contributed by atoms with Crippen molar-refractivity contribution in [1.29, 1.82) is 0 Å². The Labute approximate surface area is 115 Å². The van der Waals surface area contributed by atoms with Gasteiger partial charge in [-0.25, -0.2) is 0 Å². The maximum atomic E-state index is 12.0. The molecule has 0 radical (unpaired) electrons. The fraction of sp³-hybridized carbons (Fsp3) is 0.615. The molecule has 1 unspecified atom stereocenters. The van der Waals surface area contributed by atoms with Crippen LogP contribution in [0.4, 0.5) is 0 Å². The van der Waals surface area contributed by atoms with Gasteiger partial charge in [-0.3, -0.25) is 4.79 Å². The van der Waals surface area contributed by atoms with Gasteiger partial charge in [-0.2, -0.15) is 0 Å². The summed E-state index contributed by atoms with van der Waals surface area (Å²) in [7, 11) is 0. The summed E-state index contributed by atoms with van der Waals surface area (Å²) in [4.78, 5) is 12.0. The van der Waals surface area contributed by atoms with E-state index in [1.54, 1.807) is 6.07 Å². The molecule has 0 saturated carbocycles. The number of furan rings is 1. The van der Waals surface area contributed by atoms with E-state index < -0.39 is 0 Å². The highest BCUT2D eigenvalue weighted by atomic mass is 35.5. The fourth-order valence-electron chi connectivity index (χ4n) is 2.02. The molecule has 1 atom stereocenters. The number of carbonyl (C=O) groups excluding carboxylic acids is 1. The molecule has 5 heteroatoms. The summed E-state index contributed by atoms with van der Waals surface area (Å²) in [5.74, 6) is 0.649. The molecule has 0 aromatic carbocycles. The normalized spacial score (nSPS) is 13.9. The van der Waals surface area contributed by atoms with Gasteiger partial charge in [0.15, 0.2) is 5.76 Å². The minimum absolute atomic E-state index is 0. The molecule has 0 bridgehead atoms. The summed E-state index contributed by atoms with van der Waals surface area (Å²) in [5, 5.41) is 2.96. The second kappa shape index (κ2) is 6.81. The Balaban J connectivity index is 0.00000289. The van der Waals surface area contributed by atoms with Gasteiger partial charge in [0, 0.05) is 12.1 Å². The molecule has 0 aliphatic carbocycles. The lowest BCUT2D eigenvalue weighted by molar-refractivity contribution is 0.0868. The number of amides is 1. The van der Waals surface area contributed by atoms with E-state index in [4.69, 9.17) is 10.2 Å². The highest BCUT2D eigenvalue weighted by Gasteiger charge is 2.27. The van der Waals surface area contributed by atoms with Crippen molar-refractivity contribution < 1.29 is 9.21 Å². The van der Waals surface area contributed by atoms with E-state index in [2.05, 4.69) is 19.2 Å². The highest BCUT2D eigenvalue weighted by molar-refractivity contribution is 5.93. The molecule has 1 aromatic rings. The molecule has 3 N–H and O–H groups in total. The van der Waals surface area contributed by atoms with Gasteiger partial charge < -0.3 is 15.5 Å². The van der Waals surface area contributed by atoms with Gasteiger partial charge >= 0.3 is 0 Å². The topological polar surface area (TPSA) is 68.3 Å². The summed E-state index contributed by atoms with van der Waals surface area (Å²) in [6.45, 7) is 8.44. The molecule has 104 valence electrons. The Morgan fingerprint density at radius 2 is 2.17 bits per heavy atom. The van der Waals surface area contributed by atoms with Crippen LogP contribution < -0.4 is 11.1 Å². The SMILES string of the molecule is Cc1ccoc1C(=O)NC(C)(CN)CC(C)C.Cl. The van der Waals surface area contributed by atoms with Gasteiger partial charge in [0.2, 0.25) is 0 Å². The van der Waals surface area contributed by atoms with E-state index >= 15 is 0 Å². The molecule has 18 heavy (non-hydrogen) atoms. The van der Waals surface area contributed by atoms with E-state index in [-0.39, 0.29) is 23.9 Å².